The third-order valence-corrected chi connectivity index (χ3v) is 9.25. The van der Waals surface area contributed by atoms with Gasteiger partial charge in [-0.3, -0.25) is 19.2 Å². The van der Waals surface area contributed by atoms with Crippen molar-refractivity contribution in [3.8, 4) is 0 Å². The van der Waals surface area contributed by atoms with Gasteiger partial charge in [0.1, 0.15) is 12.1 Å². The summed E-state index contributed by atoms with van der Waals surface area (Å²) < 4.78 is 5.42. The van der Waals surface area contributed by atoms with Gasteiger partial charge in [0.15, 0.2) is 5.78 Å². The van der Waals surface area contributed by atoms with Crippen LogP contribution in [0.4, 0.5) is 5.69 Å². The predicted molar refractivity (Wildman–Crippen MR) is 155 cm³/mol. The van der Waals surface area contributed by atoms with Crippen LogP contribution in [0.3, 0.4) is 0 Å². The van der Waals surface area contributed by atoms with Crippen LogP contribution in [0.2, 0.25) is 0 Å². The molecular formula is C31H45N5O5. The minimum Gasteiger partial charge on any atom is -0.378 e. The zero-order valence-corrected chi connectivity index (χ0v) is 24.4. The Morgan fingerprint density at radius 1 is 0.951 bits per heavy atom. The monoisotopic (exact) mass is 567 g/mol. The molecule has 1 aromatic carbocycles. The number of rotatable bonds is 8. The minimum absolute atomic E-state index is 0.00490. The van der Waals surface area contributed by atoms with Gasteiger partial charge in [-0.1, -0.05) is 33.1 Å². The van der Waals surface area contributed by atoms with Gasteiger partial charge in [-0.25, -0.2) is 0 Å². The smallest absolute Gasteiger partial charge is 0.251 e. The number of carbonyl (C=O) groups excluding carboxylic acids is 4. The molecule has 5 rings (SSSR count). The molecule has 3 N–H and O–H groups in total. The summed E-state index contributed by atoms with van der Waals surface area (Å²) in [6, 6.07) is 5.01. The molecule has 1 aliphatic carbocycles. The van der Waals surface area contributed by atoms with Crippen molar-refractivity contribution in [1.29, 1.82) is 0 Å². The molecule has 224 valence electrons. The van der Waals surface area contributed by atoms with Crippen molar-refractivity contribution in [3.05, 3.63) is 29.8 Å². The third-order valence-electron chi connectivity index (χ3n) is 9.25. The van der Waals surface area contributed by atoms with E-state index in [-0.39, 0.29) is 47.9 Å². The van der Waals surface area contributed by atoms with Gasteiger partial charge in [-0.05, 0) is 61.8 Å². The van der Waals surface area contributed by atoms with Crippen molar-refractivity contribution in [1.82, 2.24) is 15.1 Å². The predicted octanol–water partition coefficient (Wildman–Crippen LogP) is 1.96. The van der Waals surface area contributed by atoms with Gasteiger partial charge in [-0.2, -0.15) is 0 Å². The molecule has 3 aliphatic heterocycles. The van der Waals surface area contributed by atoms with Crippen molar-refractivity contribution >= 4 is 29.2 Å². The molecule has 3 amide bonds. The first kappa shape index (κ1) is 29.5. The molecule has 0 spiro atoms. The maximum atomic E-state index is 13.9. The van der Waals surface area contributed by atoms with Crippen LogP contribution in [0.15, 0.2) is 24.3 Å². The maximum absolute atomic E-state index is 13.9. The van der Waals surface area contributed by atoms with Crippen LogP contribution < -0.4 is 16.0 Å². The molecule has 3 heterocycles. The number of anilines is 1. The fraction of sp³-hybridized carbons (Fsp3) is 0.677. The van der Waals surface area contributed by atoms with Crippen LogP contribution in [0.5, 0.6) is 0 Å². The van der Waals surface area contributed by atoms with Crippen LogP contribution >= 0.6 is 0 Å². The molecule has 0 aromatic heterocycles. The summed E-state index contributed by atoms with van der Waals surface area (Å²) >= 11 is 0. The van der Waals surface area contributed by atoms with Crippen LogP contribution in [0.25, 0.3) is 0 Å². The fourth-order valence-electron chi connectivity index (χ4n) is 7.02. The standard InChI is InChI=1S/C31H45N5O5/c1-20(2)18-24(33-29(38)22-8-10-23(11-9-22)34-14-16-41-17-15-34)30(39)35-13-12-25-28(35)26(37)19-36(25)31(40)27(32)21-6-4-3-5-7-21/h8-11,20-21,24-25,27-28H,3-7,12-19,32H2,1-2H3,(H,33,38). The van der Waals surface area contributed by atoms with E-state index in [1.54, 1.807) is 21.9 Å². The lowest BCUT2D eigenvalue weighted by atomic mass is 9.83. The Labute approximate surface area is 242 Å². The molecule has 1 aromatic rings. The number of likely N-dealkylation sites (tertiary alicyclic amines) is 2. The highest BCUT2D eigenvalue weighted by Gasteiger charge is 2.53. The number of nitrogens with one attached hydrogen (secondary N) is 1. The molecule has 1 saturated carbocycles. The van der Waals surface area contributed by atoms with Gasteiger partial charge >= 0.3 is 0 Å². The molecule has 41 heavy (non-hydrogen) atoms. The summed E-state index contributed by atoms with van der Waals surface area (Å²) in [6.45, 7) is 7.36. The Morgan fingerprint density at radius 2 is 1.63 bits per heavy atom. The molecular weight excluding hydrogens is 522 g/mol. The van der Waals surface area contributed by atoms with E-state index in [2.05, 4.69) is 10.2 Å². The zero-order valence-electron chi connectivity index (χ0n) is 24.4. The van der Waals surface area contributed by atoms with Gasteiger partial charge in [0.25, 0.3) is 5.91 Å². The lowest BCUT2D eigenvalue weighted by molar-refractivity contribution is -0.138. The van der Waals surface area contributed by atoms with Crippen molar-refractivity contribution in [2.75, 3.05) is 44.3 Å². The Morgan fingerprint density at radius 3 is 2.29 bits per heavy atom. The second-order valence-corrected chi connectivity index (χ2v) is 12.5. The number of Topliss-reactive ketones (excluding diaryl/α,β-unsaturated/α-hetero) is 1. The first-order chi connectivity index (χ1) is 19.7. The highest BCUT2D eigenvalue weighted by atomic mass is 16.5. The molecule has 0 radical (unpaired) electrons. The average molecular weight is 568 g/mol. The van der Waals surface area contributed by atoms with E-state index in [4.69, 9.17) is 10.5 Å². The number of ketones is 1. The van der Waals surface area contributed by atoms with Gasteiger partial charge < -0.3 is 30.5 Å². The number of hydrogen-bond acceptors (Lipinski definition) is 7. The van der Waals surface area contributed by atoms with Crippen LogP contribution in [0.1, 0.15) is 69.2 Å². The number of benzene rings is 1. The van der Waals surface area contributed by atoms with E-state index in [1.165, 1.54) is 6.42 Å². The summed E-state index contributed by atoms with van der Waals surface area (Å²) in [6.07, 6.45) is 6.22. The van der Waals surface area contributed by atoms with E-state index < -0.39 is 18.1 Å². The van der Waals surface area contributed by atoms with E-state index >= 15 is 0 Å². The number of amides is 3. The second-order valence-electron chi connectivity index (χ2n) is 12.5. The zero-order chi connectivity index (χ0) is 29.1. The van der Waals surface area contributed by atoms with E-state index in [0.29, 0.717) is 38.2 Å². The molecule has 4 fully saturated rings. The van der Waals surface area contributed by atoms with Crippen LogP contribution in [0, 0.1) is 11.8 Å². The Balaban J connectivity index is 1.25. The number of fused-ring (bicyclic) bond motifs is 1. The van der Waals surface area contributed by atoms with Gasteiger partial charge in [-0.15, -0.1) is 0 Å². The molecule has 4 unspecified atom stereocenters. The normalized spacial score (nSPS) is 24.9. The lowest BCUT2D eigenvalue weighted by Crippen LogP contribution is -2.53. The molecule has 0 bridgehead atoms. The van der Waals surface area contributed by atoms with E-state index in [1.807, 2.05) is 26.0 Å². The summed E-state index contributed by atoms with van der Waals surface area (Å²) in [4.78, 5) is 59.2. The lowest BCUT2D eigenvalue weighted by Gasteiger charge is -2.32. The van der Waals surface area contributed by atoms with Gasteiger partial charge in [0.2, 0.25) is 11.8 Å². The first-order valence-corrected chi connectivity index (χ1v) is 15.4. The maximum Gasteiger partial charge on any atom is 0.251 e. The SMILES string of the molecule is CC(C)CC(NC(=O)c1ccc(N2CCOCC2)cc1)C(=O)N1CCC2C1C(=O)CN2C(=O)C(N)C1CCCCC1. The van der Waals surface area contributed by atoms with Crippen molar-refractivity contribution < 1.29 is 23.9 Å². The number of ether oxygens (including phenoxy) is 1. The van der Waals surface area contributed by atoms with Crippen molar-refractivity contribution in [2.24, 2.45) is 17.6 Å². The summed E-state index contributed by atoms with van der Waals surface area (Å²) in [5.74, 6) is -0.571. The highest BCUT2D eigenvalue weighted by molar-refractivity contribution is 6.01. The largest absolute Gasteiger partial charge is 0.378 e. The minimum atomic E-state index is -0.762. The third kappa shape index (κ3) is 6.43. The molecule has 10 nitrogen and oxygen atoms in total. The molecule has 10 heteroatoms. The topological polar surface area (TPSA) is 125 Å². The van der Waals surface area contributed by atoms with Gasteiger partial charge in [0, 0.05) is 30.9 Å². The number of hydrogen-bond donors (Lipinski definition) is 2. The molecule has 3 saturated heterocycles. The number of nitrogens with two attached hydrogens (primary N) is 1. The summed E-state index contributed by atoms with van der Waals surface area (Å²) in [7, 11) is 0. The Kier molecular flexibility index (Phi) is 9.28. The first-order valence-electron chi connectivity index (χ1n) is 15.4. The van der Waals surface area contributed by atoms with Crippen molar-refractivity contribution in [3.63, 3.8) is 0 Å². The number of morpholine rings is 1. The van der Waals surface area contributed by atoms with E-state index in [0.717, 1.165) is 44.5 Å². The fourth-order valence-corrected chi connectivity index (χ4v) is 7.02. The average Bonchev–Trinajstić information content (AvgIpc) is 3.57. The number of nitrogens with zero attached hydrogens (tertiary/aromatic N) is 3. The van der Waals surface area contributed by atoms with Gasteiger partial charge in [0.05, 0.1) is 31.8 Å². The summed E-state index contributed by atoms with van der Waals surface area (Å²) in [5, 5.41) is 2.95. The highest BCUT2D eigenvalue weighted by Crippen LogP contribution is 2.33. The Hall–Kier alpha value is -2.98. The Bertz CT molecular complexity index is 1110. The quantitative estimate of drug-likeness (QED) is 0.492. The second kappa shape index (κ2) is 12.9. The summed E-state index contributed by atoms with van der Waals surface area (Å²) in [5.41, 5.74) is 7.93. The van der Waals surface area contributed by atoms with Crippen LogP contribution in [-0.2, 0) is 19.1 Å². The van der Waals surface area contributed by atoms with E-state index in [9.17, 15) is 19.2 Å². The number of carbonyl (C=O) groups is 4. The van der Waals surface area contributed by atoms with Crippen LogP contribution in [-0.4, -0.2) is 96.9 Å². The molecule has 4 aliphatic rings. The van der Waals surface area contributed by atoms with Crippen molar-refractivity contribution in [2.45, 2.75) is 83.0 Å². The molecule has 4 atom stereocenters.